The number of nitrogens with one attached hydrogen (secondary N) is 1. The summed E-state index contributed by atoms with van der Waals surface area (Å²) >= 11 is 0. The van der Waals surface area contributed by atoms with Gasteiger partial charge in [0.25, 0.3) is 0 Å². The van der Waals surface area contributed by atoms with Gasteiger partial charge >= 0.3 is 6.09 Å². The summed E-state index contributed by atoms with van der Waals surface area (Å²) in [6.45, 7) is 0.805. The van der Waals surface area contributed by atoms with E-state index in [2.05, 4.69) is 5.32 Å². The van der Waals surface area contributed by atoms with E-state index >= 15 is 0 Å². The van der Waals surface area contributed by atoms with E-state index in [1.165, 1.54) is 0 Å². The highest BCUT2D eigenvalue weighted by Gasteiger charge is 2.21. The number of carbonyl (C=O) groups is 1. The fourth-order valence-electron chi connectivity index (χ4n) is 1.88. The third-order valence-corrected chi connectivity index (χ3v) is 2.58. The van der Waals surface area contributed by atoms with Crippen LogP contribution in [-0.4, -0.2) is 31.0 Å². The lowest BCUT2D eigenvalue weighted by Gasteiger charge is -2.27. The van der Waals surface area contributed by atoms with Crippen molar-refractivity contribution in [3.05, 3.63) is 0 Å². The third kappa shape index (κ3) is 3.63. The molecule has 4 nitrogen and oxygen atoms in total. The van der Waals surface area contributed by atoms with E-state index in [-0.39, 0.29) is 6.04 Å². The molecule has 0 spiro atoms. The van der Waals surface area contributed by atoms with Gasteiger partial charge in [0.2, 0.25) is 0 Å². The van der Waals surface area contributed by atoms with Crippen LogP contribution in [0.4, 0.5) is 4.79 Å². The van der Waals surface area contributed by atoms with Crippen LogP contribution in [0.15, 0.2) is 0 Å². The summed E-state index contributed by atoms with van der Waals surface area (Å²) in [5, 5.41) is 11.0. The molecule has 0 radical (unpaired) electrons. The van der Waals surface area contributed by atoms with Crippen molar-refractivity contribution >= 4 is 6.09 Å². The van der Waals surface area contributed by atoms with Gasteiger partial charge in [-0.1, -0.05) is 0 Å². The van der Waals surface area contributed by atoms with Gasteiger partial charge < -0.3 is 15.2 Å². The second kappa shape index (κ2) is 5.07. The Morgan fingerprint density at radius 3 is 2.54 bits per heavy atom. The quantitative estimate of drug-likeness (QED) is 0.703. The van der Waals surface area contributed by atoms with Gasteiger partial charge in [0.05, 0.1) is 0 Å². The monoisotopic (exact) mass is 187 g/mol. The highest BCUT2D eigenvalue weighted by molar-refractivity contribution is 5.64. The van der Waals surface area contributed by atoms with Crippen LogP contribution < -0.4 is 5.32 Å². The van der Waals surface area contributed by atoms with Crippen molar-refractivity contribution in [3.63, 3.8) is 0 Å². The molecule has 2 N–H and O–H groups in total. The number of carboxylic acid groups (broad SMARTS) is 1. The first-order valence-electron chi connectivity index (χ1n) is 4.70. The van der Waals surface area contributed by atoms with Gasteiger partial charge in [-0.15, -0.1) is 0 Å². The molecule has 0 aromatic heterocycles. The molecule has 1 rings (SSSR count). The number of rotatable bonds is 3. The Kier molecular flexibility index (Phi) is 4.02. The summed E-state index contributed by atoms with van der Waals surface area (Å²) < 4.78 is 5.06. The Morgan fingerprint density at radius 2 is 2.08 bits per heavy atom. The molecule has 0 aromatic rings. The number of hydrogen-bond acceptors (Lipinski definition) is 2. The predicted molar refractivity (Wildman–Crippen MR) is 48.8 cm³/mol. The third-order valence-electron chi connectivity index (χ3n) is 2.58. The number of ether oxygens (including phenoxy) is 1. The molecule has 0 aliphatic heterocycles. The maximum absolute atomic E-state index is 10.3. The largest absolute Gasteiger partial charge is 0.465 e. The van der Waals surface area contributed by atoms with E-state index in [1.807, 2.05) is 0 Å². The Morgan fingerprint density at radius 1 is 1.46 bits per heavy atom. The van der Waals surface area contributed by atoms with Crippen LogP contribution in [0.3, 0.4) is 0 Å². The molecule has 1 aliphatic rings. The predicted octanol–water partition coefficient (Wildman–Crippen LogP) is 1.46. The SMILES string of the molecule is COC[C@H]1CC[C@@H](NC(=O)O)CC1. The van der Waals surface area contributed by atoms with E-state index in [0.29, 0.717) is 5.92 Å². The first-order chi connectivity index (χ1) is 6.22. The Hall–Kier alpha value is -0.770. The smallest absolute Gasteiger partial charge is 0.404 e. The van der Waals surface area contributed by atoms with E-state index in [1.54, 1.807) is 7.11 Å². The Bertz CT molecular complexity index is 164. The molecule has 0 aromatic carbocycles. The summed E-state index contributed by atoms with van der Waals surface area (Å²) in [7, 11) is 1.71. The molecular formula is C9H17NO3. The van der Waals surface area contributed by atoms with Crippen LogP contribution in [0, 0.1) is 5.92 Å². The van der Waals surface area contributed by atoms with E-state index in [4.69, 9.17) is 9.84 Å². The van der Waals surface area contributed by atoms with E-state index in [0.717, 1.165) is 32.3 Å². The zero-order valence-corrected chi connectivity index (χ0v) is 7.95. The minimum Gasteiger partial charge on any atom is -0.465 e. The summed E-state index contributed by atoms with van der Waals surface area (Å²) in [5.41, 5.74) is 0. The van der Waals surface area contributed by atoms with Crippen molar-refractivity contribution in [3.8, 4) is 0 Å². The maximum atomic E-state index is 10.3. The normalized spacial score (nSPS) is 28.4. The van der Waals surface area contributed by atoms with Crippen molar-refractivity contribution in [1.29, 1.82) is 0 Å². The molecule has 0 atom stereocenters. The molecule has 0 bridgehead atoms. The Balaban J connectivity index is 2.18. The fourth-order valence-corrected chi connectivity index (χ4v) is 1.88. The minimum absolute atomic E-state index is 0.158. The summed E-state index contributed by atoms with van der Waals surface area (Å²) in [6.07, 6.45) is 3.12. The number of amides is 1. The van der Waals surface area contributed by atoms with Crippen LogP contribution in [0.25, 0.3) is 0 Å². The highest BCUT2D eigenvalue weighted by Crippen LogP contribution is 2.24. The molecule has 1 amide bonds. The summed E-state index contributed by atoms with van der Waals surface area (Å²) in [6, 6.07) is 0.158. The molecule has 1 fully saturated rings. The second-order valence-electron chi connectivity index (χ2n) is 3.62. The summed E-state index contributed by atoms with van der Waals surface area (Å²) in [5.74, 6) is 0.622. The molecule has 0 heterocycles. The van der Waals surface area contributed by atoms with Gasteiger partial charge in [0.15, 0.2) is 0 Å². The molecular weight excluding hydrogens is 170 g/mol. The van der Waals surface area contributed by atoms with Gasteiger partial charge in [-0.2, -0.15) is 0 Å². The van der Waals surface area contributed by atoms with Crippen LogP contribution in [0.1, 0.15) is 25.7 Å². The molecule has 1 saturated carbocycles. The average molecular weight is 187 g/mol. The Labute approximate surface area is 78.3 Å². The van der Waals surface area contributed by atoms with Crippen molar-refractivity contribution < 1.29 is 14.6 Å². The van der Waals surface area contributed by atoms with Crippen LogP contribution in [0.5, 0.6) is 0 Å². The second-order valence-corrected chi connectivity index (χ2v) is 3.62. The number of methoxy groups -OCH3 is 1. The van der Waals surface area contributed by atoms with Crippen molar-refractivity contribution in [1.82, 2.24) is 5.32 Å². The molecule has 13 heavy (non-hydrogen) atoms. The fraction of sp³-hybridized carbons (Fsp3) is 0.889. The minimum atomic E-state index is -0.907. The molecule has 0 saturated heterocycles. The van der Waals surface area contributed by atoms with Gasteiger partial charge in [-0.3, -0.25) is 0 Å². The molecule has 4 heteroatoms. The number of hydrogen-bond donors (Lipinski definition) is 2. The molecule has 76 valence electrons. The van der Waals surface area contributed by atoms with Crippen LogP contribution in [0.2, 0.25) is 0 Å². The topological polar surface area (TPSA) is 58.6 Å². The standard InChI is InChI=1S/C9H17NO3/c1-13-6-7-2-4-8(5-3-7)10-9(11)12/h7-8,10H,2-6H2,1H3,(H,11,12)/t7-,8+. The molecule has 1 aliphatic carbocycles. The van der Waals surface area contributed by atoms with Crippen molar-refractivity contribution in [2.45, 2.75) is 31.7 Å². The molecule has 0 unspecified atom stereocenters. The van der Waals surface area contributed by atoms with Gasteiger partial charge in [-0.25, -0.2) is 4.79 Å². The lowest BCUT2D eigenvalue weighted by atomic mass is 9.86. The first-order valence-corrected chi connectivity index (χ1v) is 4.70. The van der Waals surface area contributed by atoms with Gasteiger partial charge in [0, 0.05) is 19.8 Å². The maximum Gasteiger partial charge on any atom is 0.404 e. The van der Waals surface area contributed by atoms with Gasteiger partial charge in [0.1, 0.15) is 0 Å². The zero-order chi connectivity index (χ0) is 9.68. The lowest BCUT2D eigenvalue weighted by molar-refractivity contribution is 0.122. The van der Waals surface area contributed by atoms with Crippen molar-refractivity contribution in [2.24, 2.45) is 5.92 Å². The zero-order valence-electron chi connectivity index (χ0n) is 7.95. The highest BCUT2D eigenvalue weighted by atomic mass is 16.5. The van der Waals surface area contributed by atoms with Gasteiger partial charge in [-0.05, 0) is 31.6 Å². The van der Waals surface area contributed by atoms with E-state index in [9.17, 15) is 4.79 Å². The summed E-state index contributed by atoms with van der Waals surface area (Å²) in [4.78, 5) is 10.3. The van der Waals surface area contributed by atoms with Crippen molar-refractivity contribution in [2.75, 3.05) is 13.7 Å². The lowest BCUT2D eigenvalue weighted by Crippen LogP contribution is -2.37. The van der Waals surface area contributed by atoms with Crippen LogP contribution in [-0.2, 0) is 4.74 Å². The average Bonchev–Trinajstić information content (AvgIpc) is 2.08. The first kappa shape index (κ1) is 10.3. The van der Waals surface area contributed by atoms with Crippen LogP contribution >= 0.6 is 0 Å². The van der Waals surface area contributed by atoms with E-state index < -0.39 is 6.09 Å².